The van der Waals surface area contributed by atoms with Crippen molar-refractivity contribution in [3.8, 4) is 0 Å². The van der Waals surface area contributed by atoms with Crippen LogP contribution in [0.15, 0.2) is 18.2 Å². The van der Waals surface area contributed by atoms with Crippen LogP contribution in [0.5, 0.6) is 0 Å². The molecule has 0 unspecified atom stereocenters. The van der Waals surface area contributed by atoms with E-state index >= 15 is 0 Å². The second-order valence-electron chi connectivity index (χ2n) is 2.33. The van der Waals surface area contributed by atoms with E-state index in [2.05, 4.69) is 15.3 Å². The largest absolute Gasteiger partial charge is 0.307 e. The molecule has 0 bridgehead atoms. The molecule has 0 radical (unpaired) electrons. The molecule has 1 aromatic rings. The zero-order chi connectivity index (χ0) is 10.6. The second-order valence-corrected chi connectivity index (χ2v) is 3.06. The van der Waals surface area contributed by atoms with E-state index in [4.69, 9.17) is 23.2 Å². The Labute approximate surface area is 91.0 Å². The first-order valence-electron chi connectivity index (χ1n) is 3.75. The zero-order valence-corrected chi connectivity index (χ0v) is 8.80. The van der Waals surface area contributed by atoms with Gasteiger partial charge in [-0.15, -0.1) is 0 Å². The van der Waals surface area contributed by atoms with Gasteiger partial charge >= 0.3 is 0 Å². The third-order valence-corrected chi connectivity index (χ3v) is 1.60. The summed E-state index contributed by atoms with van der Waals surface area (Å²) in [6.45, 7) is 1.74. The molecule has 1 rings (SSSR count). The van der Waals surface area contributed by atoms with E-state index in [1.165, 1.54) is 12.1 Å². The van der Waals surface area contributed by atoms with Crippen LogP contribution in [-0.2, 0) is 4.79 Å². The summed E-state index contributed by atoms with van der Waals surface area (Å²) in [5.41, 5.74) is 0. The van der Waals surface area contributed by atoms with Crippen molar-refractivity contribution in [3.63, 3.8) is 0 Å². The molecule has 0 aliphatic carbocycles. The van der Waals surface area contributed by atoms with Gasteiger partial charge in [-0.2, -0.15) is 0 Å². The predicted molar refractivity (Wildman–Crippen MR) is 55.5 cm³/mol. The minimum atomic E-state index is -0.293. The first kappa shape index (κ1) is 10.9. The van der Waals surface area contributed by atoms with Gasteiger partial charge in [-0.05, 0) is 24.6 Å². The van der Waals surface area contributed by atoms with Crippen LogP contribution >= 0.6 is 23.2 Å². The molecule has 0 saturated carbocycles. The number of aromatic nitrogens is 2. The van der Waals surface area contributed by atoms with Crippen molar-refractivity contribution in [3.05, 3.63) is 28.7 Å². The normalized spacial score (nSPS) is 10.5. The average molecular weight is 232 g/mol. The lowest BCUT2D eigenvalue weighted by Crippen LogP contribution is -2.09. The number of rotatable bonds is 2. The van der Waals surface area contributed by atoms with Crippen molar-refractivity contribution in [2.24, 2.45) is 0 Å². The maximum atomic E-state index is 11.1. The van der Waals surface area contributed by atoms with Crippen LogP contribution in [0.3, 0.4) is 0 Å². The molecule has 1 aromatic heterocycles. The highest BCUT2D eigenvalue weighted by molar-refractivity contribution is 6.32. The maximum absolute atomic E-state index is 11.1. The molecule has 0 aliphatic heterocycles. The van der Waals surface area contributed by atoms with E-state index in [0.29, 0.717) is 0 Å². The lowest BCUT2D eigenvalue weighted by molar-refractivity contribution is -0.111. The van der Waals surface area contributed by atoms with E-state index in [1.807, 2.05) is 0 Å². The number of hydrogen-bond donors (Lipinski definition) is 1. The van der Waals surface area contributed by atoms with E-state index in [1.54, 1.807) is 13.0 Å². The average Bonchev–Trinajstić information content (AvgIpc) is 2.01. The van der Waals surface area contributed by atoms with Crippen LogP contribution in [0.2, 0.25) is 10.4 Å². The van der Waals surface area contributed by atoms with Gasteiger partial charge in [-0.1, -0.05) is 17.7 Å². The topological polar surface area (TPSA) is 54.9 Å². The smallest absolute Gasteiger partial charge is 0.249 e. The maximum Gasteiger partial charge on any atom is 0.249 e. The van der Waals surface area contributed by atoms with Gasteiger partial charge in [-0.25, -0.2) is 9.97 Å². The Hall–Kier alpha value is -1.13. The lowest BCUT2D eigenvalue weighted by atomic mass is 10.5. The van der Waals surface area contributed by atoms with E-state index < -0.39 is 0 Å². The van der Waals surface area contributed by atoms with Gasteiger partial charge in [0.25, 0.3) is 0 Å². The van der Waals surface area contributed by atoms with Crippen molar-refractivity contribution in [1.82, 2.24) is 9.97 Å². The van der Waals surface area contributed by atoms with E-state index in [0.717, 1.165) is 0 Å². The van der Waals surface area contributed by atoms with Crippen LogP contribution < -0.4 is 5.32 Å². The Morgan fingerprint density at radius 3 is 2.79 bits per heavy atom. The van der Waals surface area contributed by atoms with Gasteiger partial charge in [0, 0.05) is 6.07 Å². The highest BCUT2D eigenvalue weighted by Gasteiger charge is 2.02. The molecule has 1 heterocycles. The van der Waals surface area contributed by atoms with Gasteiger partial charge in [0.15, 0.2) is 0 Å². The molecule has 1 N–H and O–H groups in total. The highest BCUT2D eigenvalue weighted by Crippen LogP contribution is 2.14. The number of carbonyl (C=O) groups is 1. The molecular weight excluding hydrogens is 225 g/mol. The van der Waals surface area contributed by atoms with Crippen LogP contribution in [-0.4, -0.2) is 15.9 Å². The molecule has 4 nitrogen and oxygen atoms in total. The summed E-state index contributed by atoms with van der Waals surface area (Å²) >= 11 is 11.1. The van der Waals surface area contributed by atoms with Crippen LogP contribution in [0.4, 0.5) is 5.82 Å². The fourth-order valence-electron chi connectivity index (χ4n) is 0.773. The van der Waals surface area contributed by atoms with Crippen LogP contribution in [0, 0.1) is 0 Å². The van der Waals surface area contributed by atoms with E-state index in [-0.39, 0.29) is 22.2 Å². The molecule has 0 atom stereocenters. The van der Waals surface area contributed by atoms with Crippen molar-refractivity contribution < 1.29 is 4.79 Å². The monoisotopic (exact) mass is 231 g/mol. The summed E-state index contributed by atoms with van der Waals surface area (Å²) in [5, 5.41) is 2.65. The fourth-order valence-corrected chi connectivity index (χ4v) is 1.18. The number of nitrogens with one attached hydrogen (secondary N) is 1. The molecule has 0 spiro atoms. The highest BCUT2D eigenvalue weighted by atomic mass is 35.5. The summed E-state index contributed by atoms with van der Waals surface area (Å²) in [7, 11) is 0. The zero-order valence-electron chi connectivity index (χ0n) is 7.29. The third kappa shape index (κ3) is 3.32. The van der Waals surface area contributed by atoms with Crippen LogP contribution in [0.1, 0.15) is 6.92 Å². The molecule has 0 aromatic carbocycles. The molecule has 6 heteroatoms. The Bertz CT molecular complexity index is 359. The van der Waals surface area contributed by atoms with Crippen molar-refractivity contribution >= 4 is 34.9 Å². The van der Waals surface area contributed by atoms with Crippen LogP contribution in [0.25, 0.3) is 0 Å². The van der Waals surface area contributed by atoms with E-state index in [9.17, 15) is 4.79 Å². The number of hydrogen-bond acceptors (Lipinski definition) is 3. The summed E-state index contributed by atoms with van der Waals surface area (Å²) in [6.07, 6.45) is 2.98. The fraction of sp³-hybridized carbons (Fsp3) is 0.125. The Kier molecular flexibility index (Phi) is 3.85. The SMILES string of the molecule is C/C=C/C(=O)Nc1cc(Cl)nc(Cl)n1. The minimum Gasteiger partial charge on any atom is -0.307 e. The quantitative estimate of drug-likeness (QED) is 0.483. The van der Waals surface area contributed by atoms with Crippen molar-refractivity contribution in [2.75, 3.05) is 5.32 Å². The third-order valence-electron chi connectivity index (χ3n) is 1.24. The summed E-state index contributed by atoms with van der Waals surface area (Å²) < 4.78 is 0. The summed E-state index contributed by atoms with van der Waals surface area (Å²) in [5.74, 6) is -0.0172. The first-order valence-corrected chi connectivity index (χ1v) is 4.51. The minimum absolute atomic E-state index is 0.00622. The Morgan fingerprint density at radius 2 is 2.21 bits per heavy atom. The van der Waals surface area contributed by atoms with Gasteiger partial charge in [0.2, 0.25) is 11.2 Å². The predicted octanol–water partition coefficient (Wildman–Crippen LogP) is 2.30. The number of amides is 1. The number of nitrogens with zero attached hydrogens (tertiary/aromatic N) is 2. The molecule has 0 saturated heterocycles. The first-order chi connectivity index (χ1) is 6.61. The molecule has 14 heavy (non-hydrogen) atoms. The summed E-state index contributed by atoms with van der Waals surface area (Å²) in [6, 6.07) is 1.41. The number of allylic oxidation sites excluding steroid dienone is 1. The van der Waals surface area contributed by atoms with Gasteiger partial charge in [0.1, 0.15) is 11.0 Å². The molecule has 74 valence electrons. The number of carbonyl (C=O) groups excluding carboxylic acids is 1. The van der Waals surface area contributed by atoms with Gasteiger partial charge in [-0.3, -0.25) is 4.79 Å². The number of anilines is 1. The standard InChI is InChI=1S/C8H7Cl2N3O/c1-2-3-7(14)12-6-4-5(9)11-8(10)13-6/h2-4H,1H3,(H,11,12,13,14)/b3-2+. The molecular formula is C8H7Cl2N3O. The molecule has 0 fully saturated rings. The molecule has 0 aliphatic rings. The summed E-state index contributed by atoms with van der Waals surface area (Å²) in [4.78, 5) is 18.5. The second kappa shape index (κ2) is 4.93. The lowest BCUT2D eigenvalue weighted by Gasteiger charge is -2.01. The van der Waals surface area contributed by atoms with Crippen molar-refractivity contribution in [2.45, 2.75) is 6.92 Å². The molecule has 1 amide bonds. The number of halogens is 2. The van der Waals surface area contributed by atoms with Gasteiger partial charge in [0.05, 0.1) is 0 Å². The Morgan fingerprint density at radius 1 is 1.50 bits per heavy atom. The van der Waals surface area contributed by atoms with Gasteiger partial charge < -0.3 is 5.32 Å². The Balaban J connectivity index is 2.81. The van der Waals surface area contributed by atoms with Crippen molar-refractivity contribution in [1.29, 1.82) is 0 Å².